The first-order valence-electron chi connectivity index (χ1n) is 12.4. The molecule has 0 atom stereocenters. The van der Waals surface area contributed by atoms with Crippen molar-refractivity contribution in [3.63, 3.8) is 0 Å². The molecule has 0 saturated carbocycles. The molecule has 1 N–H and O–H groups in total. The average Bonchev–Trinajstić information content (AvgIpc) is 3.60. The van der Waals surface area contributed by atoms with Gasteiger partial charge in [0.15, 0.2) is 0 Å². The van der Waals surface area contributed by atoms with Crippen molar-refractivity contribution in [1.29, 1.82) is 0 Å². The van der Waals surface area contributed by atoms with Gasteiger partial charge in [-0.3, -0.25) is 0 Å². The second-order valence-corrected chi connectivity index (χ2v) is 10.2. The van der Waals surface area contributed by atoms with Gasteiger partial charge in [-0.05, 0) is 59.2 Å². The maximum absolute atomic E-state index is 6.24. The molecule has 0 amide bonds. The molecule has 7 aromatic rings. The molecule has 0 bridgehead atoms. The van der Waals surface area contributed by atoms with Gasteiger partial charge in [-0.15, -0.1) is 11.3 Å². The smallest absolute Gasteiger partial charge is 0.143 e. The molecule has 2 aromatic heterocycles. The summed E-state index contributed by atoms with van der Waals surface area (Å²) in [7, 11) is 0. The van der Waals surface area contributed by atoms with Crippen molar-refractivity contribution < 1.29 is 4.42 Å². The highest BCUT2D eigenvalue weighted by molar-refractivity contribution is 7.18. The zero-order chi connectivity index (χ0) is 24.6. The van der Waals surface area contributed by atoms with E-state index in [4.69, 9.17) is 4.42 Å². The predicted molar refractivity (Wildman–Crippen MR) is 158 cm³/mol. The van der Waals surface area contributed by atoms with Crippen molar-refractivity contribution in [1.82, 2.24) is 0 Å². The van der Waals surface area contributed by atoms with E-state index in [2.05, 4.69) is 108 Å². The summed E-state index contributed by atoms with van der Waals surface area (Å²) in [6.45, 7) is 0. The van der Waals surface area contributed by atoms with Gasteiger partial charge in [-0.2, -0.15) is 0 Å². The minimum Gasteiger partial charge on any atom is -0.455 e. The van der Waals surface area contributed by atoms with Crippen LogP contribution in [0, 0.1) is 0 Å². The number of rotatable bonds is 5. The summed E-state index contributed by atoms with van der Waals surface area (Å²) in [5.41, 5.74) is 8.78. The summed E-state index contributed by atoms with van der Waals surface area (Å²) in [6, 6.07) is 46.7. The Hall–Kier alpha value is -4.60. The van der Waals surface area contributed by atoms with Crippen LogP contribution in [-0.2, 0) is 0 Å². The fourth-order valence-electron chi connectivity index (χ4n) is 4.84. The number of furan rings is 1. The van der Waals surface area contributed by atoms with Gasteiger partial charge in [0, 0.05) is 37.5 Å². The lowest BCUT2D eigenvalue weighted by molar-refractivity contribution is 0.670. The summed E-state index contributed by atoms with van der Waals surface area (Å²) >= 11 is 1.82. The summed E-state index contributed by atoms with van der Waals surface area (Å²) in [4.78, 5) is 2.52. The maximum atomic E-state index is 6.24. The maximum Gasteiger partial charge on any atom is 0.143 e. The molecule has 0 saturated heterocycles. The number of thiophene rings is 1. The van der Waals surface area contributed by atoms with Crippen LogP contribution in [0.2, 0.25) is 0 Å². The van der Waals surface area contributed by atoms with E-state index in [1.807, 2.05) is 41.7 Å². The zero-order valence-electron chi connectivity index (χ0n) is 20.0. The van der Waals surface area contributed by atoms with Crippen LogP contribution >= 0.6 is 11.3 Å². The number of benzene rings is 5. The third-order valence-electron chi connectivity index (χ3n) is 6.72. The lowest BCUT2D eigenvalue weighted by atomic mass is 10.0. The molecule has 0 aliphatic rings. The normalized spacial score (nSPS) is 11.2. The summed E-state index contributed by atoms with van der Waals surface area (Å²) in [5, 5.41) is 5.76. The Bertz CT molecular complexity index is 1830. The van der Waals surface area contributed by atoms with Gasteiger partial charge in [0.25, 0.3) is 0 Å². The second-order valence-electron chi connectivity index (χ2n) is 9.09. The largest absolute Gasteiger partial charge is 0.455 e. The third kappa shape index (κ3) is 4.10. The summed E-state index contributed by atoms with van der Waals surface area (Å²) in [5.74, 6) is 0. The highest BCUT2D eigenvalue weighted by Crippen LogP contribution is 2.38. The van der Waals surface area contributed by atoms with Crippen LogP contribution in [0.5, 0.6) is 0 Å². The molecule has 5 aromatic carbocycles. The lowest BCUT2D eigenvalue weighted by Gasteiger charge is -2.07. The lowest BCUT2D eigenvalue weighted by Crippen LogP contribution is -1.88. The molecule has 0 unspecified atom stereocenters. The molecule has 2 heterocycles. The van der Waals surface area contributed by atoms with Gasteiger partial charge in [-0.25, -0.2) is 0 Å². The Balaban J connectivity index is 1.14. The van der Waals surface area contributed by atoms with Gasteiger partial charge in [-0.1, -0.05) is 91.0 Å². The molecule has 0 spiro atoms. The Morgan fingerprint density at radius 2 is 1.05 bits per heavy atom. The van der Waals surface area contributed by atoms with Crippen LogP contribution in [0.25, 0.3) is 53.9 Å². The van der Waals surface area contributed by atoms with Crippen molar-refractivity contribution in [2.75, 3.05) is 5.32 Å². The quantitative estimate of drug-likeness (QED) is 0.258. The number of hydrogen-bond donors (Lipinski definition) is 1. The van der Waals surface area contributed by atoms with E-state index in [0.717, 1.165) is 44.4 Å². The molecule has 2 nitrogen and oxygen atoms in total. The molecular formula is C34H23NOS. The molecule has 0 aliphatic heterocycles. The minimum atomic E-state index is 0.927. The SMILES string of the molecule is c1ccc(Nc2ccc(-c3ccc(-c4ccc(-c5cccc6c5oc5ccccc56)cc4)s3)cc2)cc1. The molecule has 3 heteroatoms. The molecule has 7 rings (SSSR count). The van der Waals surface area contributed by atoms with Crippen molar-refractivity contribution in [3.8, 4) is 32.0 Å². The molecule has 0 aliphatic carbocycles. The van der Waals surface area contributed by atoms with Gasteiger partial charge < -0.3 is 9.73 Å². The van der Waals surface area contributed by atoms with E-state index < -0.39 is 0 Å². The van der Waals surface area contributed by atoms with E-state index in [9.17, 15) is 0 Å². The van der Waals surface area contributed by atoms with Gasteiger partial charge in [0.1, 0.15) is 11.2 Å². The molecule has 176 valence electrons. The van der Waals surface area contributed by atoms with Crippen LogP contribution < -0.4 is 5.32 Å². The third-order valence-corrected chi connectivity index (χ3v) is 7.91. The topological polar surface area (TPSA) is 25.2 Å². The molecule has 37 heavy (non-hydrogen) atoms. The minimum absolute atomic E-state index is 0.927. The van der Waals surface area contributed by atoms with E-state index in [1.165, 1.54) is 20.9 Å². The fraction of sp³-hybridized carbons (Fsp3) is 0. The highest BCUT2D eigenvalue weighted by atomic mass is 32.1. The van der Waals surface area contributed by atoms with E-state index >= 15 is 0 Å². The van der Waals surface area contributed by atoms with Crippen molar-refractivity contribution in [3.05, 3.63) is 133 Å². The van der Waals surface area contributed by atoms with Crippen molar-refractivity contribution >= 4 is 44.7 Å². The first-order valence-corrected chi connectivity index (χ1v) is 13.2. The van der Waals surface area contributed by atoms with Crippen molar-refractivity contribution in [2.24, 2.45) is 0 Å². The molecular weight excluding hydrogens is 470 g/mol. The average molecular weight is 494 g/mol. The summed E-state index contributed by atoms with van der Waals surface area (Å²) in [6.07, 6.45) is 0. The van der Waals surface area contributed by atoms with Crippen molar-refractivity contribution in [2.45, 2.75) is 0 Å². The second kappa shape index (κ2) is 9.12. The number of nitrogens with one attached hydrogen (secondary N) is 1. The molecule has 0 fully saturated rings. The Morgan fingerprint density at radius 3 is 1.81 bits per heavy atom. The first kappa shape index (κ1) is 21.7. The Morgan fingerprint density at radius 1 is 0.459 bits per heavy atom. The Labute approximate surface area is 219 Å². The first-order chi connectivity index (χ1) is 18.3. The van der Waals surface area contributed by atoms with Gasteiger partial charge >= 0.3 is 0 Å². The highest BCUT2D eigenvalue weighted by Gasteiger charge is 2.12. The predicted octanol–water partition coefficient (Wildman–Crippen LogP) is 10.4. The van der Waals surface area contributed by atoms with E-state index in [-0.39, 0.29) is 0 Å². The van der Waals surface area contributed by atoms with Crippen LogP contribution in [0.1, 0.15) is 0 Å². The van der Waals surface area contributed by atoms with Crippen LogP contribution in [0.15, 0.2) is 138 Å². The van der Waals surface area contributed by atoms with Crippen LogP contribution in [-0.4, -0.2) is 0 Å². The number of hydrogen-bond acceptors (Lipinski definition) is 3. The number of fused-ring (bicyclic) bond motifs is 3. The fourth-order valence-corrected chi connectivity index (χ4v) is 5.86. The van der Waals surface area contributed by atoms with Crippen LogP contribution in [0.3, 0.4) is 0 Å². The zero-order valence-corrected chi connectivity index (χ0v) is 20.8. The number of para-hydroxylation sites is 3. The van der Waals surface area contributed by atoms with E-state index in [0.29, 0.717) is 0 Å². The van der Waals surface area contributed by atoms with E-state index in [1.54, 1.807) is 0 Å². The standard InChI is InChI=1S/C34H23NOS/c1-2-7-26(8-3-1)35-27-19-17-25(18-20-27)33-22-21-32(37-33)24-15-13-23(14-16-24)28-10-6-11-30-29-9-4-5-12-31(29)36-34(28)30/h1-22,35H. The van der Waals surface area contributed by atoms with Gasteiger partial charge in [0.05, 0.1) is 0 Å². The Kier molecular flexibility index (Phi) is 5.34. The van der Waals surface area contributed by atoms with Crippen LogP contribution in [0.4, 0.5) is 11.4 Å². The van der Waals surface area contributed by atoms with Gasteiger partial charge in [0.2, 0.25) is 0 Å². The monoisotopic (exact) mass is 493 g/mol. The molecule has 0 radical (unpaired) electrons. The number of anilines is 2. The summed E-state index contributed by atoms with van der Waals surface area (Å²) < 4.78 is 6.24.